The molecule has 0 unspecified atom stereocenters. The fourth-order valence-electron chi connectivity index (χ4n) is 2.24. The van der Waals surface area contributed by atoms with Crippen LogP contribution in [-0.4, -0.2) is 32.6 Å². The summed E-state index contributed by atoms with van der Waals surface area (Å²) < 4.78 is 1.92. The summed E-state index contributed by atoms with van der Waals surface area (Å²) in [7, 11) is 1.94. The van der Waals surface area contributed by atoms with Crippen LogP contribution in [0.4, 0.5) is 5.69 Å². The monoisotopic (exact) mass is 330 g/mol. The highest BCUT2D eigenvalue weighted by molar-refractivity contribution is 7.80. The number of anilines is 1. The molecular formula is C17H22N4OS. The maximum absolute atomic E-state index is 11.4. The number of ketones is 1. The summed E-state index contributed by atoms with van der Waals surface area (Å²) in [4.78, 5) is 13.4. The fourth-order valence-corrected chi connectivity index (χ4v) is 2.42. The molecular weight excluding hydrogens is 308 g/mol. The van der Waals surface area contributed by atoms with Crippen LogP contribution in [0.3, 0.4) is 0 Å². The minimum Gasteiger partial charge on any atom is -0.348 e. The Morgan fingerprint density at radius 3 is 2.78 bits per heavy atom. The summed E-state index contributed by atoms with van der Waals surface area (Å²) in [5.41, 5.74) is 3.65. The zero-order valence-corrected chi connectivity index (χ0v) is 14.8. The molecule has 0 fully saturated rings. The molecule has 5 nitrogen and oxygen atoms in total. The number of hydrogen-bond donors (Lipinski definition) is 1. The normalized spacial score (nSPS) is 10.4. The number of aromatic nitrogens is 2. The van der Waals surface area contributed by atoms with Crippen molar-refractivity contribution < 1.29 is 4.79 Å². The first-order valence-corrected chi connectivity index (χ1v) is 7.97. The van der Waals surface area contributed by atoms with Gasteiger partial charge in [-0.2, -0.15) is 5.10 Å². The highest BCUT2D eigenvalue weighted by Gasteiger charge is 2.11. The van der Waals surface area contributed by atoms with Gasteiger partial charge in [0, 0.05) is 43.1 Å². The minimum atomic E-state index is 0.0375. The quantitative estimate of drug-likeness (QED) is 0.674. The lowest BCUT2D eigenvalue weighted by Crippen LogP contribution is -2.30. The third-order valence-electron chi connectivity index (χ3n) is 3.65. The molecule has 0 radical (unpaired) electrons. The Balaban J connectivity index is 2.03. The number of carbonyl (C=O) groups is 1. The summed E-state index contributed by atoms with van der Waals surface area (Å²) in [6.45, 7) is 7.16. The van der Waals surface area contributed by atoms with Crippen molar-refractivity contribution in [1.29, 1.82) is 0 Å². The van der Waals surface area contributed by atoms with E-state index >= 15 is 0 Å². The molecule has 122 valence electrons. The van der Waals surface area contributed by atoms with E-state index in [9.17, 15) is 4.79 Å². The molecule has 1 N–H and O–H groups in total. The van der Waals surface area contributed by atoms with Crippen LogP contribution in [-0.2, 0) is 13.1 Å². The zero-order chi connectivity index (χ0) is 17.0. The van der Waals surface area contributed by atoms with Crippen LogP contribution in [0, 0.1) is 6.92 Å². The topological polar surface area (TPSA) is 50.2 Å². The summed E-state index contributed by atoms with van der Waals surface area (Å²) >= 11 is 5.45. The van der Waals surface area contributed by atoms with Crippen molar-refractivity contribution in [2.24, 2.45) is 0 Å². The Bertz CT molecular complexity index is 723. The van der Waals surface area contributed by atoms with Crippen LogP contribution in [0.15, 0.2) is 30.5 Å². The molecule has 1 aromatic carbocycles. The molecule has 2 aromatic rings. The van der Waals surface area contributed by atoms with E-state index in [1.54, 1.807) is 13.0 Å². The van der Waals surface area contributed by atoms with Crippen LogP contribution in [0.1, 0.15) is 35.5 Å². The van der Waals surface area contributed by atoms with E-state index in [4.69, 9.17) is 12.2 Å². The predicted octanol–water partition coefficient (Wildman–Crippen LogP) is 3.24. The van der Waals surface area contributed by atoms with E-state index in [-0.39, 0.29) is 5.78 Å². The van der Waals surface area contributed by atoms with Gasteiger partial charge in [0.15, 0.2) is 10.9 Å². The predicted molar refractivity (Wildman–Crippen MR) is 96.8 cm³/mol. The second-order valence-electron chi connectivity index (χ2n) is 5.52. The lowest BCUT2D eigenvalue weighted by molar-refractivity contribution is 0.101. The van der Waals surface area contributed by atoms with E-state index in [0.29, 0.717) is 17.2 Å². The van der Waals surface area contributed by atoms with Crippen molar-refractivity contribution >= 4 is 28.8 Å². The van der Waals surface area contributed by atoms with Crippen LogP contribution in [0.5, 0.6) is 0 Å². The Kier molecular flexibility index (Phi) is 5.50. The molecule has 23 heavy (non-hydrogen) atoms. The number of aryl methyl sites for hydroxylation is 2. The SMILES string of the molecule is CCn1cc(CN(C)C(=S)Nc2cccc(C(C)=O)c2)c(C)n1. The highest BCUT2D eigenvalue weighted by atomic mass is 32.1. The number of rotatable bonds is 5. The van der Waals surface area contributed by atoms with Gasteiger partial charge in [-0.1, -0.05) is 12.1 Å². The molecule has 0 bridgehead atoms. The lowest BCUT2D eigenvalue weighted by Gasteiger charge is -2.21. The molecule has 0 spiro atoms. The second kappa shape index (κ2) is 7.37. The molecule has 0 atom stereocenters. The number of hydrogen-bond acceptors (Lipinski definition) is 3. The Morgan fingerprint density at radius 2 is 2.17 bits per heavy atom. The second-order valence-corrected chi connectivity index (χ2v) is 5.91. The summed E-state index contributed by atoms with van der Waals surface area (Å²) in [6, 6.07) is 7.34. The zero-order valence-electron chi connectivity index (χ0n) is 14.0. The average molecular weight is 330 g/mol. The van der Waals surface area contributed by atoms with Crippen molar-refractivity contribution in [2.45, 2.75) is 33.9 Å². The largest absolute Gasteiger partial charge is 0.348 e. The lowest BCUT2D eigenvalue weighted by atomic mass is 10.1. The fraction of sp³-hybridized carbons (Fsp3) is 0.353. The highest BCUT2D eigenvalue weighted by Crippen LogP contribution is 2.14. The maximum atomic E-state index is 11.4. The molecule has 1 heterocycles. The Hall–Kier alpha value is -2.21. The molecule has 0 aliphatic heterocycles. The van der Waals surface area contributed by atoms with Crippen molar-refractivity contribution in [3.05, 3.63) is 47.3 Å². The summed E-state index contributed by atoms with van der Waals surface area (Å²) in [5, 5.41) is 8.23. The Labute approximate surface area is 142 Å². The average Bonchev–Trinajstić information content (AvgIpc) is 2.87. The first kappa shape index (κ1) is 17.1. The van der Waals surface area contributed by atoms with E-state index in [0.717, 1.165) is 23.5 Å². The van der Waals surface area contributed by atoms with Gasteiger partial charge in [-0.3, -0.25) is 9.48 Å². The van der Waals surface area contributed by atoms with E-state index in [2.05, 4.69) is 17.3 Å². The van der Waals surface area contributed by atoms with E-state index in [1.165, 1.54) is 0 Å². The molecule has 0 aliphatic rings. The van der Waals surface area contributed by atoms with Gasteiger partial charge in [-0.15, -0.1) is 0 Å². The molecule has 6 heteroatoms. The van der Waals surface area contributed by atoms with Crippen molar-refractivity contribution in [3.63, 3.8) is 0 Å². The number of thiocarbonyl (C=S) groups is 1. The van der Waals surface area contributed by atoms with Crippen molar-refractivity contribution in [2.75, 3.05) is 12.4 Å². The van der Waals surface area contributed by atoms with Gasteiger partial charge in [-0.05, 0) is 45.1 Å². The molecule has 0 amide bonds. The van der Waals surface area contributed by atoms with Gasteiger partial charge < -0.3 is 10.2 Å². The third-order valence-corrected chi connectivity index (χ3v) is 4.06. The van der Waals surface area contributed by atoms with Crippen LogP contribution in [0.2, 0.25) is 0 Å². The first-order chi connectivity index (χ1) is 10.9. The van der Waals surface area contributed by atoms with Crippen LogP contribution >= 0.6 is 12.2 Å². The number of benzene rings is 1. The van der Waals surface area contributed by atoms with Gasteiger partial charge in [-0.25, -0.2) is 0 Å². The molecule has 1 aromatic heterocycles. The molecule has 0 saturated carbocycles. The van der Waals surface area contributed by atoms with Gasteiger partial charge >= 0.3 is 0 Å². The standard InChI is InChI=1S/C17H22N4OS/c1-5-21-11-15(12(2)19-21)10-20(4)17(23)18-16-8-6-7-14(9-16)13(3)22/h6-9,11H,5,10H2,1-4H3,(H,18,23). The summed E-state index contributed by atoms with van der Waals surface area (Å²) in [6.07, 6.45) is 2.05. The van der Waals surface area contributed by atoms with Crippen molar-refractivity contribution in [1.82, 2.24) is 14.7 Å². The van der Waals surface area contributed by atoms with Gasteiger partial charge in [0.25, 0.3) is 0 Å². The molecule has 0 saturated heterocycles. The maximum Gasteiger partial charge on any atom is 0.173 e. The smallest absolute Gasteiger partial charge is 0.173 e. The van der Waals surface area contributed by atoms with Gasteiger partial charge in [0.05, 0.1) is 5.69 Å². The number of nitrogens with zero attached hydrogens (tertiary/aromatic N) is 3. The summed E-state index contributed by atoms with van der Waals surface area (Å²) in [5.74, 6) is 0.0375. The first-order valence-electron chi connectivity index (χ1n) is 7.56. The number of carbonyl (C=O) groups excluding carboxylic acids is 1. The molecule has 0 aliphatic carbocycles. The van der Waals surface area contributed by atoms with Gasteiger partial charge in [0.1, 0.15) is 0 Å². The van der Waals surface area contributed by atoms with E-state index in [1.807, 2.05) is 47.9 Å². The third kappa shape index (κ3) is 4.39. The van der Waals surface area contributed by atoms with Crippen molar-refractivity contribution in [3.8, 4) is 0 Å². The Morgan fingerprint density at radius 1 is 1.43 bits per heavy atom. The minimum absolute atomic E-state index is 0.0375. The van der Waals surface area contributed by atoms with E-state index < -0.39 is 0 Å². The van der Waals surface area contributed by atoms with Crippen LogP contribution < -0.4 is 5.32 Å². The van der Waals surface area contributed by atoms with Gasteiger partial charge in [0.2, 0.25) is 0 Å². The number of nitrogens with one attached hydrogen (secondary N) is 1. The van der Waals surface area contributed by atoms with Crippen LogP contribution in [0.25, 0.3) is 0 Å². The molecule has 2 rings (SSSR count). The number of Topliss-reactive ketones (excluding diaryl/α,β-unsaturated/α-hetero) is 1.